The molecule has 0 aliphatic carbocycles. The largest absolute Gasteiger partial charge is 0.309 e. The minimum Gasteiger partial charge on any atom is -0.309 e. The summed E-state index contributed by atoms with van der Waals surface area (Å²) in [6.07, 6.45) is 5.74. The lowest BCUT2D eigenvalue weighted by Gasteiger charge is -2.18. The van der Waals surface area contributed by atoms with Gasteiger partial charge in [0.25, 0.3) is 0 Å². The highest BCUT2D eigenvalue weighted by atomic mass is 15.0. The number of hydrogen-bond acceptors (Lipinski definition) is 0. The molecule has 0 spiro atoms. The van der Waals surface area contributed by atoms with E-state index in [1.807, 2.05) is 0 Å². The zero-order valence-corrected chi connectivity index (χ0v) is 47.4. The Morgan fingerprint density at radius 2 is 0.524 bits per heavy atom. The normalized spacial score (nSPS) is 11.9. The van der Waals surface area contributed by atoms with Crippen molar-refractivity contribution in [1.82, 2.24) is 13.7 Å². The Morgan fingerprint density at radius 3 is 0.905 bits per heavy atom. The van der Waals surface area contributed by atoms with Crippen LogP contribution in [0, 0.1) is 0 Å². The van der Waals surface area contributed by atoms with Crippen LogP contribution >= 0.6 is 0 Å². The van der Waals surface area contributed by atoms with E-state index in [0.29, 0.717) is 0 Å². The van der Waals surface area contributed by atoms with E-state index in [1.165, 1.54) is 167 Å². The third kappa shape index (κ3) is 8.09. The lowest BCUT2D eigenvalue weighted by Crippen LogP contribution is -1.95. The molecule has 0 saturated heterocycles. The van der Waals surface area contributed by atoms with E-state index >= 15 is 0 Å². The average Bonchev–Trinajstić information content (AvgIpc) is 2.75. The molecular formula is C81H61N3. The van der Waals surface area contributed by atoms with E-state index in [-0.39, 0.29) is 0 Å². The first-order chi connectivity index (χ1) is 41.6. The quantitative estimate of drug-likeness (QED) is 0.108. The Kier molecular flexibility index (Phi) is 12.0. The van der Waals surface area contributed by atoms with Crippen molar-refractivity contribution in [2.45, 2.75) is 46.0 Å². The van der Waals surface area contributed by atoms with E-state index in [2.05, 4.69) is 301 Å². The van der Waals surface area contributed by atoms with Gasteiger partial charge in [-0.05, 0) is 194 Å². The number of benzene rings is 13. The summed E-state index contributed by atoms with van der Waals surface area (Å²) < 4.78 is 7.34. The lowest BCUT2D eigenvalue weighted by molar-refractivity contribution is 0.795. The number of nitrogens with zero attached hydrogens (tertiary/aromatic N) is 3. The van der Waals surface area contributed by atoms with Gasteiger partial charge in [0, 0.05) is 49.4 Å². The predicted octanol–water partition coefficient (Wildman–Crippen LogP) is 22.2. The second kappa shape index (κ2) is 20.3. The van der Waals surface area contributed by atoms with Gasteiger partial charge in [0.1, 0.15) is 0 Å². The number of para-hydroxylation sites is 2. The molecule has 0 aliphatic heterocycles. The number of aryl methyl sites for hydroxylation is 2. The van der Waals surface area contributed by atoms with Gasteiger partial charge in [-0.3, -0.25) is 0 Å². The summed E-state index contributed by atoms with van der Waals surface area (Å²) >= 11 is 0. The van der Waals surface area contributed by atoms with Crippen LogP contribution in [0.2, 0.25) is 0 Å². The molecule has 400 valence electrons. The fourth-order valence-electron chi connectivity index (χ4n) is 13.9. The van der Waals surface area contributed by atoms with Crippen LogP contribution in [0.5, 0.6) is 0 Å². The molecular weight excluding hydrogens is 1010 g/mol. The smallest absolute Gasteiger partial charge is 0.0541 e. The summed E-state index contributed by atoms with van der Waals surface area (Å²) in [4.78, 5) is 0. The van der Waals surface area contributed by atoms with Crippen LogP contribution in [-0.2, 0) is 12.8 Å². The first kappa shape index (κ1) is 49.6. The summed E-state index contributed by atoms with van der Waals surface area (Å²) in [5, 5.41) is 12.5. The molecule has 13 aromatic carbocycles. The molecule has 0 atom stereocenters. The molecule has 0 unspecified atom stereocenters. The van der Waals surface area contributed by atoms with Gasteiger partial charge in [0.2, 0.25) is 0 Å². The number of aromatic nitrogens is 3. The minimum absolute atomic E-state index is 1.09. The summed E-state index contributed by atoms with van der Waals surface area (Å²) in [6, 6.07) is 103. The molecule has 0 fully saturated rings. The number of fused-ring (bicyclic) bond motifs is 11. The monoisotopic (exact) mass is 1080 g/mol. The molecule has 3 aromatic heterocycles. The molecule has 3 heterocycles. The van der Waals surface area contributed by atoms with Crippen LogP contribution in [0.1, 0.15) is 44.2 Å². The highest BCUT2D eigenvalue weighted by molar-refractivity contribution is 6.22. The van der Waals surface area contributed by atoms with Gasteiger partial charge in [-0.15, -0.1) is 0 Å². The molecule has 0 saturated carbocycles. The molecule has 3 heteroatoms. The Balaban J connectivity index is 0.858. The van der Waals surface area contributed by atoms with Crippen LogP contribution in [0.25, 0.3) is 149 Å². The predicted molar refractivity (Wildman–Crippen MR) is 359 cm³/mol. The van der Waals surface area contributed by atoms with Crippen molar-refractivity contribution in [2.24, 2.45) is 0 Å². The Bertz CT molecular complexity index is 5150. The van der Waals surface area contributed by atoms with Crippen molar-refractivity contribution in [3.63, 3.8) is 0 Å². The van der Waals surface area contributed by atoms with E-state index in [1.54, 1.807) is 0 Å². The van der Waals surface area contributed by atoms with Gasteiger partial charge < -0.3 is 13.7 Å². The second-order valence-electron chi connectivity index (χ2n) is 22.9. The first-order valence-corrected chi connectivity index (χ1v) is 30.0. The number of unbranched alkanes of at least 4 members (excludes halogenated alkanes) is 1. The maximum Gasteiger partial charge on any atom is 0.0541 e. The van der Waals surface area contributed by atoms with Gasteiger partial charge in [-0.25, -0.2) is 0 Å². The van der Waals surface area contributed by atoms with E-state index in [4.69, 9.17) is 0 Å². The Labute approximate surface area is 489 Å². The summed E-state index contributed by atoms with van der Waals surface area (Å²) in [5.74, 6) is 0. The molecule has 0 radical (unpaired) electrons. The fourth-order valence-corrected chi connectivity index (χ4v) is 13.9. The van der Waals surface area contributed by atoms with Crippen molar-refractivity contribution in [1.29, 1.82) is 0 Å². The summed E-state index contributed by atoms with van der Waals surface area (Å²) in [6.45, 7) is 4.51. The molecule has 0 amide bonds. The molecule has 0 bridgehead atoms. The van der Waals surface area contributed by atoms with Crippen LogP contribution < -0.4 is 0 Å². The zero-order valence-electron chi connectivity index (χ0n) is 47.4. The topological polar surface area (TPSA) is 14.8 Å². The third-order valence-corrected chi connectivity index (χ3v) is 17.9. The zero-order chi connectivity index (χ0) is 55.8. The average molecular weight is 1080 g/mol. The van der Waals surface area contributed by atoms with E-state index in [9.17, 15) is 0 Å². The Hall–Kier alpha value is -10.2. The van der Waals surface area contributed by atoms with E-state index < -0.39 is 0 Å². The maximum atomic E-state index is 2.48. The van der Waals surface area contributed by atoms with Crippen molar-refractivity contribution < 1.29 is 0 Å². The van der Waals surface area contributed by atoms with Gasteiger partial charge in [0.05, 0.1) is 33.1 Å². The van der Waals surface area contributed by atoms with Gasteiger partial charge in [0.15, 0.2) is 0 Å². The van der Waals surface area contributed by atoms with Crippen molar-refractivity contribution in [3.8, 4) is 61.6 Å². The second-order valence-corrected chi connectivity index (χ2v) is 22.9. The summed E-state index contributed by atoms with van der Waals surface area (Å²) in [7, 11) is 0. The lowest BCUT2D eigenvalue weighted by atomic mass is 9.86. The molecule has 0 aliphatic rings. The Morgan fingerprint density at radius 1 is 0.226 bits per heavy atom. The van der Waals surface area contributed by atoms with Crippen molar-refractivity contribution in [2.75, 3.05) is 0 Å². The molecule has 16 aromatic rings. The van der Waals surface area contributed by atoms with Crippen LogP contribution in [0.3, 0.4) is 0 Å². The van der Waals surface area contributed by atoms with Crippen molar-refractivity contribution in [3.05, 3.63) is 284 Å². The highest BCUT2D eigenvalue weighted by Gasteiger charge is 2.21. The SMILES string of the molecule is CCCCc1ccc(-n2c3ccccc3c3cc(-c4ccc5c(c4)c4cc(-c6ccc7c(c6)c6ccccc6n7-c6ccc(CCC)cc6)ccc4n5-c4ccc(-c5c6ccccc6c(-c6ccccc6)c6ccccc56)cc4)ccc32)cc1. The fraction of sp³-hybridized carbons (Fsp3) is 0.0864. The third-order valence-electron chi connectivity index (χ3n) is 17.9. The van der Waals surface area contributed by atoms with Crippen LogP contribution in [0.15, 0.2) is 273 Å². The van der Waals surface area contributed by atoms with Crippen LogP contribution in [-0.4, -0.2) is 13.7 Å². The van der Waals surface area contributed by atoms with Gasteiger partial charge >= 0.3 is 0 Å². The first-order valence-electron chi connectivity index (χ1n) is 30.0. The molecule has 3 nitrogen and oxygen atoms in total. The molecule has 16 rings (SSSR count). The van der Waals surface area contributed by atoms with Gasteiger partial charge in [-0.2, -0.15) is 0 Å². The van der Waals surface area contributed by atoms with Gasteiger partial charge in [-0.1, -0.05) is 203 Å². The number of hydrogen-bond donors (Lipinski definition) is 0. The van der Waals surface area contributed by atoms with E-state index in [0.717, 1.165) is 24.9 Å². The minimum atomic E-state index is 1.09. The highest BCUT2D eigenvalue weighted by Crippen LogP contribution is 2.46. The molecule has 84 heavy (non-hydrogen) atoms. The van der Waals surface area contributed by atoms with Crippen LogP contribution in [0.4, 0.5) is 0 Å². The summed E-state index contributed by atoms with van der Waals surface area (Å²) in [5.41, 5.74) is 23.2. The standard InChI is InChI=1S/C81H61N3/c1-3-5-18-54-31-41-62(42-32-54)83-75-28-16-14-22-65(75)71-50-58(36-46-77(71)83)60-38-48-79-73(52-60)72-51-59(57-35-45-76-70(49-57)64-21-13-15-27-74(64)82(76)61-39-29-53(17-4-2)30-40-61)37-47-78(72)84(79)63-43-33-56(34-44-63)81-68-25-11-9-23-66(68)80(55-19-7-6-8-20-55)67-24-10-12-26-69(67)81/h6-16,19-52H,3-5,17-18H2,1-2H3. The molecule has 0 N–H and O–H groups in total. The number of rotatable bonds is 12. The maximum absolute atomic E-state index is 2.48. The van der Waals surface area contributed by atoms with Crippen molar-refractivity contribution >= 4 is 87.0 Å².